The second kappa shape index (κ2) is 6.23. The molecule has 6 heteroatoms. The lowest BCUT2D eigenvalue weighted by Crippen LogP contribution is -2.23. The molecule has 0 fully saturated rings. The Morgan fingerprint density at radius 1 is 1.26 bits per heavy atom. The molecule has 0 radical (unpaired) electrons. The van der Waals surface area contributed by atoms with Gasteiger partial charge in [0.25, 0.3) is 5.56 Å². The zero-order valence-corrected chi connectivity index (χ0v) is 13.5. The van der Waals surface area contributed by atoms with Crippen LogP contribution in [0.3, 0.4) is 0 Å². The molecule has 1 atom stereocenters. The van der Waals surface area contributed by atoms with E-state index in [1.54, 1.807) is 31.3 Å². The zero-order chi connectivity index (χ0) is 16.4. The normalized spacial score (nSPS) is 12.0. The van der Waals surface area contributed by atoms with E-state index in [0.717, 1.165) is 5.56 Å². The zero-order valence-electron chi connectivity index (χ0n) is 12.7. The van der Waals surface area contributed by atoms with Gasteiger partial charge in [-0.25, -0.2) is 14.5 Å². The van der Waals surface area contributed by atoms with Crippen LogP contribution in [0, 0.1) is 18.3 Å². The number of nitriles is 1. The van der Waals surface area contributed by atoms with Crippen LogP contribution in [-0.2, 0) is 0 Å². The molecule has 0 spiro atoms. The molecule has 0 saturated carbocycles. The number of aryl methyl sites for hydroxylation is 1. The molecule has 2 aromatic heterocycles. The predicted molar refractivity (Wildman–Crippen MR) is 90.8 cm³/mol. The first kappa shape index (κ1) is 15.3. The summed E-state index contributed by atoms with van der Waals surface area (Å²) in [6.45, 7) is 3.71. The molecule has 2 heterocycles. The molecule has 3 aromatic rings. The number of rotatable bonds is 3. The summed E-state index contributed by atoms with van der Waals surface area (Å²) in [5.41, 5.74) is 1.45. The third-order valence-electron chi connectivity index (χ3n) is 3.33. The maximum Gasteiger partial charge on any atom is 0.267 e. The summed E-state index contributed by atoms with van der Waals surface area (Å²) in [6, 6.07) is 13.0. The monoisotopic (exact) mass is 322 g/mol. The lowest BCUT2D eigenvalue weighted by molar-refractivity contribution is 0.793. The van der Waals surface area contributed by atoms with Gasteiger partial charge in [-0.2, -0.15) is 5.26 Å². The van der Waals surface area contributed by atoms with Crippen molar-refractivity contribution in [3.8, 4) is 11.9 Å². The maximum absolute atomic E-state index is 12.9. The molecule has 1 aromatic carbocycles. The Morgan fingerprint density at radius 2 is 2.04 bits per heavy atom. The first-order valence-corrected chi connectivity index (χ1v) is 7.99. The third kappa shape index (κ3) is 2.96. The van der Waals surface area contributed by atoms with Crippen LogP contribution in [0.4, 0.5) is 0 Å². The van der Waals surface area contributed by atoms with E-state index in [9.17, 15) is 4.79 Å². The average Bonchev–Trinajstić information content (AvgIpc) is 2.56. The smallest absolute Gasteiger partial charge is 0.267 e. The van der Waals surface area contributed by atoms with Crippen molar-refractivity contribution in [1.29, 1.82) is 5.26 Å². The first-order valence-electron chi connectivity index (χ1n) is 7.11. The van der Waals surface area contributed by atoms with Gasteiger partial charge in [-0.1, -0.05) is 30.0 Å². The van der Waals surface area contributed by atoms with Crippen molar-refractivity contribution >= 4 is 22.7 Å². The highest BCUT2D eigenvalue weighted by molar-refractivity contribution is 8.00. The molecule has 0 N–H and O–H groups in total. The van der Waals surface area contributed by atoms with Crippen molar-refractivity contribution in [2.75, 3.05) is 0 Å². The fraction of sp³-hybridized carbons (Fsp3) is 0.176. The standard InChI is InChI=1S/C17H14N4OS/c1-11-7-8-15(19-10-11)21-16(22)13-5-3-4-6-14(13)20-17(21)23-12(2)9-18/h3-8,10,12H,1-2H3/t12-/m0/s1. The first-order chi connectivity index (χ1) is 11.1. The van der Waals surface area contributed by atoms with E-state index in [-0.39, 0.29) is 10.8 Å². The summed E-state index contributed by atoms with van der Waals surface area (Å²) < 4.78 is 1.47. The SMILES string of the molecule is Cc1ccc(-n2c(S[C@@H](C)C#N)nc3ccccc3c2=O)nc1. The van der Waals surface area contributed by atoms with Gasteiger partial charge in [0.15, 0.2) is 5.16 Å². The van der Waals surface area contributed by atoms with Gasteiger partial charge in [0.2, 0.25) is 0 Å². The Labute approximate surface area is 137 Å². The van der Waals surface area contributed by atoms with E-state index in [1.807, 2.05) is 25.1 Å². The number of hydrogen-bond acceptors (Lipinski definition) is 5. The maximum atomic E-state index is 12.9. The van der Waals surface area contributed by atoms with Gasteiger partial charge in [-0.15, -0.1) is 0 Å². The van der Waals surface area contributed by atoms with Crippen molar-refractivity contribution < 1.29 is 0 Å². The number of pyridine rings is 1. The molecule has 114 valence electrons. The fourth-order valence-corrected chi connectivity index (χ4v) is 2.97. The summed E-state index contributed by atoms with van der Waals surface area (Å²) in [4.78, 5) is 21.8. The van der Waals surface area contributed by atoms with Crippen LogP contribution in [-0.4, -0.2) is 19.8 Å². The minimum Gasteiger partial charge on any atom is -0.268 e. The summed E-state index contributed by atoms with van der Waals surface area (Å²) in [5, 5.41) is 9.76. The van der Waals surface area contributed by atoms with Crippen LogP contribution < -0.4 is 5.56 Å². The van der Waals surface area contributed by atoms with Crippen molar-refractivity contribution in [2.24, 2.45) is 0 Å². The number of aromatic nitrogens is 3. The number of benzene rings is 1. The number of fused-ring (bicyclic) bond motifs is 1. The van der Waals surface area contributed by atoms with Gasteiger partial charge in [-0.3, -0.25) is 4.79 Å². The summed E-state index contributed by atoms with van der Waals surface area (Å²) in [6.07, 6.45) is 1.71. The minimum atomic E-state index is -0.320. The second-order valence-corrected chi connectivity index (χ2v) is 6.44. The van der Waals surface area contributed by atoms with E-state index in [1.165, 1.54) is 16.3 Å². The number of para-hydroxylation sites is 1. The van der Waals surface area contributed by atoms with Crippen LogP contribution >= 0.6 is 11.8 Å². The average molecular weight is 322 g/mol. The van der Waals surface area contributed by atoms with Gasteiger partial charge in [-0.05, 0) is 37.6 Å². The topological polar surface area (TPSA) is 71.6 Å². The van der Waals surface area contributed by atoms with Crippen molar-refractivity contribution in [3.63, 3.8) is 0 Å². The van der Waals surface area contributed by atoms with Crippen LogP contribution in [0.2, 0.25) is 0 Å². The molecule has 0 bridgehead atoms. The molecular weight excluding hydrogens is 308 g/mol. The third-order valence-corrected chi connectivity index (χ3v) is 4.28. The second-order valence-electron chi connectivity index (χ2n) is 5.14. The minimum absolute atomic E-state index is 0.181. The molecule has 0 aliphatic carbocycles. The highest BCUT2D eigenvalue weighted by atomic mass is 32.2. The lowest BCUT2D eigenvalue weighted by Gasteiger charge is -2.13. The van der Waals surface area contributed by atoms with Gasteiger partial charge in [0.05, 0.1) is 22.2 Å². The van der Waals surface area contributed by atoms with Gasteiger partial charge in [0.1, 0.15) is 5.82 Å². The van der Waals surface area contributed by atoms with Crippen molar-refractivity contribution in [2.45, 2.75) is 24.3 Å². The van der Waals surface area contributed by atoms with Crippen LogP contribution in [0.15, 0.2) is 52.5 Å². The molecular formula is C17H14N4OS. The molecule has 3 rings (SSSR count). The Hall–Kier alpha value is -2.65. The van der Waals surface area contributed by atoms with Crippen LogP contribution in [0.1, 0.15) is 12.5 Å². The molecule has 23 heavy (non-hydrogen) atoms. The summed E-state index contributed by atoms with van der Waals surface area (Å²) in [5.74, 6) is 0.506. The summed E-state index contributed by atoms with van der Waals surface area (Å²) in [7, 11) is 0. The fourth-order valence-electron chi connectivity index (χ4n) is 2.17. The van der Waals surface area contributed by atoms with Gasteiger partial charge >= 0.3 is 0 Å². The van der Waals surface area contributed by atoms with Gasteiger partial charge in [0, 0.05) is 6.20 Å². The van der Waals surface area contributed by atoms with Crippen LogP contribution in [0.5, 0.6) is 0 Å². The van der Waals surface area contributed by atoms with Crippen molar-refractivity contribution in [1.82, 2.24) is 14.5 Å². The Balaban J connectivity index is 2.30. The highest BCUT2D eigenvalue weighted by Gasteiger charge is 2.16. The lowest BCUT2D eigenvalue weighted by atomic mass is 10.2. The number of thioether (sulfide) groups is 1. The molecule has 0 aliphatic heterocycles. The van der Waals surface area contributed by atoms with E-state index in [2.05, 4.69) is 16.0 Å². The quantitative estimate of drug-likeness (QED) is 0.547. The predicted octanol–water partition coefficient (Wildman–Crippen LogP) is 3.09. The van der Waals surface area contributed by atoms with E-state index < -0.39 is 0 Å². The summed E-state index contributed by atoms with van der Waals surface area (Å²) >= 11 is 1.25. The van der Waals surface area contributed by atoms with E-state index in [4.69, 9.17) is 5.26 Å². The largest absolute Gasteiger partial charge is 0.268 e. The molecule has 0 amide bonds. The van der Waals surface area contributed by atoms with Crippen LogP contribution in [0.25, 0.3) is 16.7 Å². The highest BCUT2D eigenvalue weighted by Crippen LogP contribution is 2.23. The number of nitrogens with zero attached hydrogens (tertiary/aromatic N) is 4. The molecule has 0 unspecified atom stereocenters. The molecule has 0 saturated heterocycles. The van der Waals surface area contributed by atoms with E-state index in [0.29, 0.717) is 21.9 Å². The molecule has 5 nitrogen and oxygen atoms in total. The Bertz CT molecular complexity index is 957. The van der Waals surface area contributed by atoms with E-state index >= 15 is 0 Å². The Morgan fingerprint density at radius 3 is 2.74 bits per heavy atom. The van der Waals surface area contributed by atoms with Gasteiger partial charge < -0.3 is 0 Å². The number of hydrogen-bond donors (Lipinski definition) is 0. The van der Waals surface area contributed by atoms with Crippen molar-refractivity contribution in [3.05, 3.63) is 58.5 Å². The Kier molecular flexibility index (Phi) is 4.13. The molecule has 0 aliphatic rings.